The predicted molar refractivity (Wildman–Crippen MR) is 276 cm³/mol. The molecule has 3 N–H and O–H groups in total. The Morgan fingerprint density at radius 3 is 2.37 bits per heavy atom. The predicted octanol–water partition coefficient (Wildman–Crippen LogP) is 10.5. The van der Waals surface area contributed by atoms with Crippen molar-refractivity contribution in [1.29, 1.82) is 5.26 Å². The lowest BCUT2D eigenvalue weighted by molar-refractivity contribution is -0.164. The molecule has 0 bridgehead atoms. The van der Waals surface area contributed by atoms with Crippen molar-refractivity contribution in [3.05, 3.63) is 111 Å². The third-order valence-corrected chi connectivity index (χ3v) is 16.2. The molecule has 8 rings (SSSR count). The minimum absolute atomic E-state index is 0.0155. The molecule has 1 aliphatic heterocycles. The Morgan fingerprint density at radius 2 is 1.66 bits per heavy atom. The van der Waals surface area contributed by atoms with Crippen molar-refractivity contribution in [1.82, 2.24) is 25.8 Å². The molecule has 70 heavy (non-hydrogen) atoms. The highest BCUT2D eigenvalue weighted by molar-refractivity contribution is 7.10. The molecule has 370 valence electrons. The van der Waals surface area contributed by atoms with E-state index < -0.39 is 6.04 Å². The highest BCUT2D eigenvalue weighted by Crippen LogP contribution is 2.55. The summed E-state index contributed by atoms with van der Waals surface area (Å²) in [5, 5.41) is 24.1. The zero-order chi connectivity index (χ0) is 49.6. The summed E-state index contributed by atoms with van der Waals surface area (Å²) in [6.45, 7) is 12.3. The largest absolute Gasteiger partial charge is 0.491 e. The van der Waals surface area contributed by atoms with Gasteiger partial charge in [-0.05, 0) is 106 Å². The number of halogens is 1. The standard InChI is InChI=1S/C56H67ClN6O6S/c1-35(59-6)49(64)61-48(37-15-8-7-9-16-37)52(66)63-28-12-19-46(63)51-60-45(34-70-51)42-26-27-47(43-18-11-10-17-41(42)43)68-31-30-67-29-13-14-36-20-22-38(23-21-36)50(65)62-53-55(2,3)54(56(53,4)5)69-40-25-24-39(33-58)44(57)32-40/h10-11,17-18,20-27,32,34-35,37,46,48,53-54,59H,7-9,12-16,19,28-31H2,1-6H3,(H,61,64)(H,62,65)/t35-,46-,48-,53?,54?/m0/s1. The second-order valence-electron chi connectivity index (χ2n) is 20.4. The number of aryl methyl sites for hydroxylation is 1. The maximum Gasteiger partial charge on any atom is 0.251 e. The monoisotopic (exact) mass is 986 g/mol. The Hall–Kier alpha value is -5.52. The van der Waals surface area contributed by atoms with E-state index in [4.69, 9.17) is 30.8 Å². The quantitative estimate of drug-likeness (QED) is 0.0686. The Morgan fingerprint density at radius 1 is 0.914 bits per heavy atom. The molecule has 0 unspecified atom stereocenters. The van der Waals surface area contributed by atoms with Gasteiger partial charge in [0.05, 0.1) is 35.0 Å². The van der Waals surface area contributed by atoms with Gasteiger partial charge < -0.3 is 35.1 Å². The van der Waals surface area contributed by atoms with Crippen molar-refractivity contribution in [2.45, 2.75) is 123 Å². The lowest BCUT2D eigenvalue weighted by Crippen LogP contribution is -2.74. The van der Waals surface area contributed by atoms with E-state index in [0.29, 0.717) is 48.3 Å². The Balaban J connectivity index is 0.801. The molecule has 2 saturated carbocycles. The summed E-state index contributed by atoms with van der Waals surface area (Å²) in [5.41, 5.74) is 3.32. The van der Waals surface area contributed by atoms with E-state index in [0.717, 1.165) is 89.7 Å². The maximum absolute atomic E-state index is 14.4. The first-order chi connectivity index (χ1) is 33.7. The van der Waals surface area contributed by atoms with Crippen LogP contribution in [0.2, 0.25) is 5.02 Å². The number of rotatable bonds is 19. The average Bonchev–Trinajstić information content (AvgIpc) is 4.07. The highest BCUT2D eigenvalue weighted by atomic mass is 35.5. The Labute approximate surface area is 421 Å². The zero-order valence-electron chi connectivity index (χ0n) is 41.3. The number of thiazole rings is 1. The number of amides is 3. The van der Waals surface area contributed by atoms with Crippen LogP contribution in [-0.4, -0.2) is 85.2 Å². The molecule has 2 aliphatic carbocycles. The van der Waals surface area contributed by atoms with Gasteiger partial charge in [0.2, 0.25) is 11.8 Å². The zero-order valence-corrected chi connectivity index (χ0v) is 42.9. The molecule has 5 aromatic rings. The number of ether oxygens (including phenoxy) is 3. The van der Waals surface area contributed by atoms with Crippen molar-refractivity contribution >= 4 is 51.4 Å². The SMILES string of the molecule is CN[C@@H](C)C(=O)N[C@H](C(=O)N1CCC[C@H]1c1nc(-c2ccc(OCCOCCCc3ccc(C(=O)NC4C(C)(C)C(Oc5ccc(C#N)c(Cl)c5)C4(C)C)cc3)c3ccccc23)cs1)C1CCCCC1. The fourth-order valence-corrected chi connectivity index (χ4v) is 12.4. The molecule has 2 heterocycles. The number of carbonyl (C=O) groups is 3. The van der Waals surface area contributed by atoms with Crippen LogP contribution in [-0.2, 0) is 20.7 Å². The summed E-state index contributed by atoms with van der Waals surface area (Å²) in [7, 11) is 1.76. The highest BCUT2D eigenvalue weighted by Gasteiger charge is 2.64. The van der Waals surface area contributed by atoms with Crippen LogP contribution in [0.25, 0.3) is 22.0 Å². The summed E-state index contributed by atoms with van der Waals surface area (Å²) in [6, 6.07) is 26.1. The van der Waals surface area contributed by atoms with Gasteiger partial charge in [0.1, 0.15) is 41.3 Å². The van der Waals surface area contributed by atoms with Crippen LogP contribution >= 0.6 is 22.9 Å². The molecular formula is C56H67ClN6O6S. The van der Waals surface area contributed by atoms with Crippen molar-refractivity contribution < 1.29 is 28.6 Å². The molecule has 4 aromatic carbocycles. The van der Waals surface area contributed by atoms with Gasteiger partial charge in [0.25, 0.3) is 5.91 Å². The maximum atomic E-state index is 14.4. The van der Waals surface area contributed by atoms with Crippen LogP contribution in [0.15, 0.2) is 84.2 Å². The van der Waals surface area contributed by atoms with Crippen LogP contribution in [0.5, 0.6) is 11.5 Å². The fourth-order valence-electron chi connectivity index (χ4n) is 11.2. The second-order valence-corrected chi connectivity index (χ2v) is 21.7. The summed E-state index contributed by atoms with van der Waals surface area (Å²) >= 11 is 7.86. The van der Waals surface area contributed by atoms with Crippen LogP contribution < -0.4 is 25.4 Å². The molecule has 12 nitrogen and oxygen atoms in total. The number of likely N-dealkylation sites (tertiary alicyclic amines) is 1. The molecule has 1 saturated heterocycles. The van der Waals surface area contributed by atoms with Crippen LogP contribution in [0.4, 0.5) is 0 Å². The van der Waals surface area contributed by atoms with Gasteiger partial charge in [0, 0.05) is 58.0 Å². The van der Waals surface area contributed by atoms with Crippen molar-refractivity contribution in [3.63, 3.8) is 0 Å². The number of nitrogens with one attached hydrogen (secondary N) is 3. The van der Waals surface area contributed by atoms with Gasteiger partial charge in [-0.3, -0.25) is 14.4 Å². The summed E-state index contributed by atoms with van der Waals surface area (Å²) in [6.07, 6.45) is 8.45. The van der Waals surface area contributed by atoms with Gasteiger partial charge in [-0.15, -0.1) is 11.3 Å². The van der Waals surface area contributed by atoms with Crippen molar-refractivity contribution in [3.8, 4) is 28.8 Å². The third-order valence-electron chi connectivity index (χ3n) is 14.9. The molecule has 0 radical (unpaired) electrons. The molecule has 14 heteroatoms. The number of likely N-dealkylation sites (N-methyl/N-ethyl adjacent to an activating group) is 1. The van der Waals surface area contributed by atoms with E-state index in [2.05, 4.69) is 73.3 Å². The molecular weight excluding hydrogens is 920 g/mol. The molecule has 3 atom stereocenters. The van der Waals surface area contributed by atoms with E-state index >= 15 is 0 Å². The summed E-state index contributed by atoms with van der Waals surface area (Å²) in [5.74, 6) is 1.28. The summed E-state index contributed by atoms with van der Waals surface area (Å²) in [4.78, 5) is 48.0. The fraction of sp³-hybridized carbons (Fsp3) is 0.482. The number of aromatic nitrogens is 1. The number of nitriles is 1. The first-order valence-corrected chi connectivity index (χ1v) is 26.2. The van der Waals surface area contributed by atoms with E-state index in [-0.39, 0.29) is 58.7 Å². The van der Waals surface area contributed by atoms with Gasteiger partial charge in [-0.25, -0.2) is 4.98 Å². The smallest absolute Gasteiger partial charge is 0.251 e. The van der Waals surface area contributed by atoms with Gasteiger partial charge in [-0.2, -0.15) is 5.26 Å². The molecule has 3 amide bonds. The van der Waals surface area contributed by atoms with Gasteiger partial charge in [0.15, 0.2) is 0 Å². The Kier molecular flexibility index (Phi) is 16.2. The first-order valence-electron chi connectivity index (χ1n) is 24.9. The minimum Gasteiger partial charge on any atom is -0.491 e. The van der Waals surface area contributed by atoms with Crippen LogP contribution in [0.3, 0.4) is 0 Å². The number of benzene rings is 4. The van der Waals surface area contributed by atoms with Crippen LogP contribution in [0, 0.1) is 28.1 Å². The second kappa shape index (κ2) is 22.3. The van der Waals surface area contributed by atoms with Gasteiger partial charge in [-0.1, -0.05) is 95.0 Å². The van der Waals surface area contributed by atoms with E-state index in [1.165, 1.54) is 6.42 Å². The number of fused-ring (bicyclic) bond motifs is 1. The summed E-state index contributed by atoms with van der Waals surface area (Å²) < 4.78 is 18.7. The van der Waals surface area contributed by atoms with E-state index in [9.17, 15) is 19.6 Å². The molecule has 3 aliphatic rings. The number of hydrogen-bond acceptors (Lipinski definition) is 10. The Bertz CT molecular complexity index is 2680. The number of nitrogens with zero attached hydrogens (tertiary/aromatic N) is 3. The lowest BCUT2D eigenvalue weighted by atomic mass is 9.49. The molecule has 3 fully saturated rings. The molecule has 0 spiro atoms. The van der Waals surface area contributed by atoms with Crippen molar-refractivity contribution in [2.75, 3.05) is 33.4 Å². The average molecular weight is 988 g/mol. The van der Waals surface area contributed by atoms with E-state index in [1.807, 2.05) is 54.3 Å². The normalized spacial score (nSPS) is 20.5. The van der Waals surface area contributed by atoms with Crippen molar-refractivity contribution in [2.24, 2.45) is 16.7 Å². The topological polar surface area (TPSA) is 155 Å². The third kappa shape index (κ3) is 11.0. The number of carbonyl (C=O) groups excluding carboxylic acids is 3. The minimum atomic E-state index is -0.529. The number of hydrogen-bond donors (Lipinski definition) is 3. The van der Waals surface area contributed by atoms with Crippen LogP contribution in [0.1, 0.15) is 119 Å². The lowest BCUT2D eigenvalue weighted by Gasteiger charge is -2.63. The van der Waals surface area contributed by atoms with Gasteiger partial charge >= 0.3 is 0 Å². The first kappa shape index (κ1) is 50.9. The molecule has 1 aromatic heterocycles. The van der Waals surface area contributed by atoms with E-state index in [1.54, 1.807) is 36.6 Å².